The Morgan fingerprint density at radius 2 is 1.77 bits per heavy atom. The Labute approximate surface area is 178 Å². The molecule has 158 valence electrons. The van der Waals surface area contributed by atoms with Crippen LogP contribution < -0.4 is 16.1 Å². The van der Waals surface area contributed by atoms with E-state index in [0.717, 1.165) is 51.2 Å². The van der Waals surface area contributed by atoms with Crippen LogP contribution in [0.25, 0.3) is 16.6 Å². The molecule has 0 spiro atoms. The lowest BCUT2D eigenvalue weighted by atomic mass is 9.93. The van der Waals surface area contributed by atoms with E-state index >= 15 is 0 Å². The zero-order valence-electron chi connectivity index (χ0n) is 17.7. The Kier molecular flexibility index (Phi) is 4.37. The van der Waals surface area contributed by atoms with Gasteiger partial charge in [-0.2, -0.15) is 0 Å². The maximum atomic E-state index is 13.0. The first-order valence-corrected chi connectivity index (χ1v) is 10.4. The van der Waals surface area contributed by atoms with Gasteiger partial charge in [-0.15, -0.1) is 0 Å². The minimum absolute atomic E-state index is 0.198. The molecule has 0 saturated heterocycles. The number of fused-ring (bicyclic) bond motifs is 3. The summed E-state index contributed by atoms with van der Waals surface area (Å²) in [6, 6.07) is 13.3. The molecular formula is C24H25N4O3+. The van der Waals surface area contributed by atoms with Crippen molar-refractivity contribution in [2.75, 3.05) is 13.6 Å². The van der Waals surface area contributed by atoms with Gasteiger partial charge in [-0.25, -0.2) is 9.36 Å². The number of H-pyrrole nitrogens is 2. The van der Waals surface area contributed by atoms with Crippen LogP contribution in [0.5, 0.6) is 5.88 Å². The third kappa shape index (κ3) is 3.00. The van der Waals surface area contributed by atoms with Crippen LogP contribution in [0.4, 0.5) is 0 Å². The average molecular weight is 417 g/mol. The average Bonchev–Trinajstić information content (AvgIpc) is 3.07. The number of quaternary nitrogens is 1. The Morgan fingerprint density at radius 3 is 2.52 bits per heavy atom. The third-order valence-electron chi connectivity index (χ3n) is 6.27. The number of likely N-dealkylation sites (N-methyl/N-ethyl adjacent to an activating group) is 1. The standard InChI is InChI=1S/C24H24N4O3/c1-13-10-14(2)12-15(11-13)28-23(30)19(22(29)26-24(28)31)21-20-17(8-9-27(21)3)16-6-4-5-7-18(16)25-20/h4-7,10-12,21,25,30H,8-9H2,1-3H3,(H,26,29,31)/p+1/t21-/m0/s1. The highest BCUT2D eigenvalue weighted by Gasteiger charge is 2.38. The molecule has 3 heterocycles. The molecule has 5 rings (SSSR count). The van der Waals surface area contributed by atoms with E-state index in [1.165, 1.54) is 4.57 Å². The molecule has 4 aromatic rings. The Bertz CT molecular complexity index is 1420. The molecule has 0 amide bonds. The summed E-state index contributed by atoms with van der Waals surface area (Å²) in [6.45, 7) is 4.67. The van der Waals surface area contributed by atoms with Gasteiger partial charge in [0.05, 0.1) is 25.0 Å². The molecule has 0 fully saturated rings. The van der Waals surface area contributed by atoms with Crippen LogP contribution in [0, 0.1) is 13.8 Å². The van der Waals surface area contributed by atoms with Crippen LogP contribution in [0.15, 0.2) is 52.1 Å². The molecular weight excluding hydrogens is 392 g/mol. The molecule has 1 aliphatic heterocycles. The van der Waals surface area contributed by atoms with E-state index in [1.807, 2.05) is 57.3 Å². The summed E-state index contributed by atoms with van der Waals surface area (Å²) < 4.78 is 1.20. The molecule has 7 heteroatoms. The summed E-state index contributed by atoms with van der Waals surface area (Å²) in [6.07, 6.45) is 0.872. The van der Waals surface area contributed by atoms with Gasteiger partial charge in [-0.05, 0) is 48.7 Å². The maximum absolute atomic E-state index is 13.0. The first kappa shape index (κ1) is 19.4. The minimum Gasteiger partial charge on any atom is -0.494 e. The van der Waals surface area contributed by atoms with Gasteiger partial charge < -0.3 is 15.0 Å². The molecule has 1 aliphatic rings. The van der Waals surface area contributed by atoms with Crippen molar-refractivity contribution in [3.63, 3.8) is 0 Å². The van der Waals surface area contributed by atoms with Crippen molar-refractivity contribution in [2.45, 2.75) is 26.3 Å². The van der Waals surface area contributed by atoms with E-state index in [9.17, 15) is 14.7 Å². The number of hydrogen-bond donors (Lipinski definition) is 4. The second-order valence-electron chi connectivity index (χ2n) is 8.52. The molecule has 31 heavy (non-hydrogen) atoms. The molecule has 7 nitrogen and oxygen atoms in total. The molecule has 2 atom stereocenters. The summed E-state index contributed by atoms with van der Waals surface area (Å²) in [5, 5.41) is 12.4. The summed E-state index contributed by atoms with van der Waals surface area (Å²) in [4.78, 5) is 32.7. The fourth-order valence-electron chi connectivity index (χ4n) is 4.96. The maximum Gasteiger partial charge on any atom is 0.335 e. The van der Waals surface area contributed by atoms with Crippen LogP contribution in [0.3, 0.4) is 0 Å². The highest BCUT2D eigenvalue weighted by Crippen LogP contribution is 2.33. The predicted molar refractivity (Wildman–Crippen MR) is 119 cm³/mol. The van der Waals surface area contributed by atoms with E-state index in [4.69, 9.17) is 0 Å². The monoisotopic (exact) mass is 417 g/mol. The fourth-order valence-corrected chi connectivity index (χ4v) is 4.96. The van der Waals surface area contributed by atoms with E-state index in [-0.39, 0.29) is 11.4 Å². The molecule has 4 N–H and O–H groups in total. The fraction of sp³-hybridized carbons (Fsp3) is 0.250. The number of nitrogens with zero attached hydrogens (tertiary/aromatic N) is 1. The lowest BCUT2D eigenvalue weighted by Crippen LogP contribution is -3.10. The lowest BCUT2D eigenvalue weighted by molar-refractivity contribution is -0.908. The van der Waals surface area contributed by atoms with Crippen LogP contribution in [-0.4, -0.2) is 33.2 Å². The summed E-state index contributed by atoms with van der Waals surface area (Å²) >= 11 is 0. The second-order valence-corrected chi connectivity index (χ2v) is 8.52. The number of nitrogens with one attached hydrogen (secondary N) is 3. The van der Waals surface area contributed by atoms with Gasteiger partial charge in [0.2, 0.25) is 5.88 Å². The van der Waals surface area contributed by atoms with Crippen LogP contribution >= 0.6 is 0 Å². The number of rotatable bonds is 2. The summed E-state index contributed by atoms with van der Waals surface area (Å²) in [5.74, 6) is -0.311. The highest BCUT2D eigenvalue weighted by molar-refractivity contribution is 5.85. The Hall–Kier alpha value is -3.58. The number of benzene rings is 2. The molecule has 2 aromatic carbocycles. The molecule has 0 radical (unpaired) electrons. The van der Waals surface area contributed by atoms with Gasteiger partial charge in [0, 0.05) is 17.3 Å². The van der Waals surface area contributed by atoms with Crippen molar-refractivity contribution in [3.05, 3.63) is 91.3 Å². The number of aromatic hydroxyl groups is 1. The number of aryl methyl sites for hydroxylation is 2. The van der Waals surface area contributed by atoms with Crippen LogP contribution in [0.2, 0.25) is 0 Å². The zero-order chi connectivity index (χ0) is 21.9. The summed E-state index contributed by atoms with van der Waals surface area (Å²) in [7, 11) is 2.00. The highest BCUT2D eigenvalue weighted by atomic mass is 16.3. The van der Waals surface area contributed by atoms with Crippen molar-refractivity contribution >= 4 is 10.9 Å². The molecule has 2 aromatic heterocycles. The number of aromatic amines is 2. The molecule has 0 bridgehead atoms. The predicted octanol–water partition coefficient (Wildman–Crippen LogP) is 1.49. The van der Waals surface area contributed by atoms with Gasteiger partial charge in [0.1, 0.15) is 5.56 Å². The Morgan fingerprint density at radius 1 is 1.06 bits per heavy atom. The SMILES string of the molecule is Cc1cc(C)cc(-n2c(O)c([C@H]3c4[nH]c5ccccc5c4CC[NH+]3C)c(=O)[nH]c2=O)c1. The summed E-state index contributed by atoms with van der Waals surface area (Å²) in [5.41, 5.74) is 4.53. The minimum atomic E-state index is -0.651. The number of para-hydroxylation sites is 1. The zero-order valence-corrected chi connectivity index (χ0v) is 17.7. The van der Waals surface area contributed by atoms with E-state index in [0.29, 0.717) is 5.69 Å². The Balaban J connectivity index is 1.79. The largest absolute Gasteiger partial charge is 0.494 e. The first-order chi connectivity index (χ1) is 14.8. The van der Waals surface area contributed by atoms with Crippen molar-refractivity contribution in [2.24, 2.45) is 0 Å². The van der Waals surface area contributed by atoms with Crippen molar-refractivity contribution < 1.29 is 10.0 Å². The number of hydrogen-bond acceptors (Lipinski definition) is 3. The van der Waals surface area contributed by atoms with Gasteiger partial charge >= 0.3 is 5.69 Å². The van der Waals surface area contributed by atoms with Crippen molar-refractivity contribution in [3.8, 4) is 11.6 Å². The first-order valence-electron chi connectivity index (χ1n) is 10.4. The third-order valence-corrected chi connectivity index (χ3v) is 6.27. The van der Waals surface area contributed by atoms with E-state index < -0.39 is 17.3 Å². The topological polar surface area (TPSA) is 95.3 Å². The van der Waals surface area contributed by atoms with Gasteiger partial charge in [0.15, 0.2) is 6.04 Å². The smallest absolute Gasteiger partial charge is 0.335 e. The van der Waals surface area contributed by atoms with Gasteiger partial charge in [0.25, 0.3) is 5.56 Å². The number of aromatic nitrogens is 3. The molecule has 0 aliphatic carbocycles. The van der Waals surface area contributed by atoms with Gasteiger partial charge in [-0.1, -0.05) is 24.3 Å². The van der Waals surface area contributed by atoms with Crippen LogP contribution in [0.1, 0.15) is 34.0 Å². The lowest BCUT2D eigenvalue weighted by Gasteiger charge is -2.30. The normalized spacial score (nSPS) is 18.3. The van der Waals surface area contributed by atoms with Gasteiger partial charge in [-0.3, -0.25) is 9.78 Å². The molecule has 1 unspecified atom stereocenters. The quantitative estimate of drug-likeness (QED) is 0.398. The molecule has 0 saturated carbocycles. The van der Waals surface area contributed by atoms with Crippen molar-refractivity contribution in [1.29, 1.82) is 0 Å². The van der Waals surface area contributed by atoms with Crippen LogP contribution in [-0.2, 0) is 6.42 Å². The van der Waals surface area contributed by atoms with Crippen molar-refractivity contribution in [1.82, 2.24) is 14.5 Å². The van der Waals surface area contributed by atoms with E-state index in [1.54, 1.807) is 0 Å². The van der Waals surface area contributed by atoms with E-state index in [2.05, 4.69) is 16.0 Å². The second kappa shape index (κ2) is 6.99.